The molecule has 11 heteroatoms. The van der Waals surface area contributed by atoms with Crippen LogP contribution in [0.25, 0.3) is 0 Å². The van der Waals surface area contributed by atoms with Crippen LogP contribution in [0.1, 0.15) is 10.4 Å². The van der Waals surface area contributed by atoms with Crippen LogP contribution in [0, 0.1) is 0 Å². The molecule has 2 rings (SSSR count). The van der Waals surface area contributed by atoms with Crippen molar-refractivity contribution in [1.82, 2.24) is 0 Å². The van der Waals surface area contributed by atoms with Crippen LogP contribution >= 0.6 is 11.8 Å². The highest BCUT2D eigenvalue weighted by atomic mass is 32.2. The van der Waals surface area contributed by atoms with Crippen LogP contribution in [-0.2, 0) is 14.3 Å². The number of carbonyl (C=O) groups is 3. The van der Waals surface area contributed by atoms with Crippen molar-refractivity contribution in [2.75, 3.05) is 17.7 Å². The van der Waals surface area contributed by atoms with E-state index >= 15 is 0 Å². The van der Waals surface area contributed by atoms with Gasteiger partial charge in [0.1, 0.15) is 5.75 Å². The molecule has 0 aromatic heterocycles. The van der Waals surface area contributed by atoms with E-state index in [1.165, 1.54) is 18.2 Å². The Balaban J connectivity index is 1.89. The second-order valence-electron chi connectivity index (χ2n) is 5.45. The summed E-state index contributed by atoms with van der Waals surface area (Å²) >= 11 is 1.06. The van der Waals surface area contributed by atoms with Gasteiger partial charge in [-0.1, -0.05) is 12.1 Å². The lowest BCUT2D eigenvalue weighted by molar-refractivity contribution is -0.274. The lowest BCUT2D eigenvalue weighted by Gasteiger charge is -2.11. The second kappa shape index (κ2) is 9.82. The summed E-state index contributed by atoms with van der Waals surface area (Å²) in [5.41, 5.74) is 5.44. The van der Waals surface area contributed by atoms with E-state index < -0.39 is 36.5 Å². The van der Waals surface area contributed by atoms with E-state index in [1.54, 1.807) is 18.2 Å². The van der Waals surface area contributed by atoms with E-state index in [1.807, 2.05) is 0 Å². The fourth-order valence-electron chi connectivity index (χ4n) is 2.06. The third kappa shape index (κ3) is 7.74. The van der Waals surface area contributed by atoms with E-state index in [4.69, 9.17) is 10.5 Å². The normalized spacial score (nSPS) is 10.9. The zero-order valence-corrected chi connectivity index (χ0v) is 15.5. The van der Waals surface area contributed by atoms with Crippen LogP contribution in [0.4, 0.5) is 18.9 Å². The first-order chi connectivity index (χ1) is 13.6. The molecule has 29 heavy (non-hydrogen) atoms. The lowest BCUT2D eigenvalue weighted by atomic mass is 10.2. The summed E-state index contributed by atoms with van der Waals surface area (Å²) in [5, 5.41) is 2.37. The van der Waals surface area contributed by atoms with Crippen molar-refractivity contribution in [2.45, 2.75) is 11.3 Å². The van der Waals surface area contributed by atoms with Gasteiger partial charge in [0, 0.05) is 10.6 Å². The predicted octanol–water partition coefficient (Wildman–Crippen LogP) is 2.96. The molecule has 0 saturated heterocycles. The summed E-state index contributed by atoms with van der Waals surface area (Å²) in [6, 6.07) is 10.8. The molecule has 0 atom stereocenters. The zero-order chi connectivity index (χ0) is 21.4. The van der Waals surface area contributed by atoms with Crippen LogP contribution in [-0.4, -0.2) is 36.5 Å². The molecule has 154 valence electrons. The van der Waals surface area contributed by atoms with Crippen molar-refractivity contribution in [3.8, 4) is 5.75 Å². The first kappa shape index (κ1) is 22.1. The highest BCUT2D eigenvalue weighted by Crippen LogP contribution is 2.24. The van der Waals surface area contributed by atoms with Crippen molar-refractivity contribution in [3.63, 3.8) is 0 Å². The molecular weight excluding hydrogens is 413 g/mol. The van der Waals surface area contributed by atoms with Crippen molar-refractivity contribution >= 4 is 35.2 Å². The minimum Gasteiger partial charge on any atom is -0.452 e. The van der Waals surface area contributed by atoms with E-state index in [9.17, 15) is 27.6 Å². The molecule has 0 spiro atoms. The standard InChI is InChI=1S/C18H15F3N2O5S/c19-18(20,21)28-12-7-5-11(6-8-12)23-16(25)9-27-17(26)13-3-1-2-4-14(13)29-10-15(22)24/h1-8H,9-10H2,(H2,22,24)(H,23,25). The van der Waals surface area contributed by atoms with Crippen molar-refractivity contribution < 1.29 is 37.0 Å². The van der Waals surface area contributed by atoms with Crippen molar-refractivity contribution in [2.24, 2.45) is 5.73 Å². The molecule has 0 aliphatic carbocycles. The van der Waals surface area contributed by atoms with E-state index in [0.29, 0.717) is 4.90 Å². The molecule has 0 bridgehead atoms. The number of ether oxygens (including phenoxy) is 2. The van der Waals surface area contributed by atoms with Gasteiger partial charge in [-0.3, -0.25) is 9.59 Å². The summed E-state index contributed by atoms with van der Waals surface area (Å²) in [6.07, 6.45) is -4.81. The number of esters is 1. The van der Waals surface area contributed by atoms with Crippen LogP contribution in [0.3, 0.4) is 0 Å². The Kier molecular flexibility index (Phi) is 7.48. The number of halogens is 3. The van der Waals surface area contributed by atoms with E-state index in [2.05, 4.69) is 10.1 Å². The van der Waals surface area contributed by atoms with Gasteiger partial charge in [0.05, 0.1) is 11.3 Å². The summed E-state index contributed by atoms with van der Waals surface area (Å²) in [6.45, 7) is -0.617. The molecule has 0 heterocycles. The molecule has 0 radical (unpaired) electrons. The molecule has 3 N–H and O–H groups in total. The first-order valence-corrected chi connectivity index (χ1v) is 8.95. The number of rotatable bonds is 8. The van der Waals surface area contributed by atoms with Crippen molar-refractivity contribution in [3.05, 3.63) is 54.1 Å². The number of hydrogen-bond donors (Lipinski definition) is 2. The molecule has 0 unspecified atom stereocenters. The van der Waals surface area contributed by atoms with Gasteiger partial charge in [-0.2, -0.15) is 0 Å². The van der Waals surface area contributed by atoms with Gasteiger partial charge in [-0.15, -0.1) is 24.9 Å². The SMILES string of the molecule is NC(=O)CSc1ccccc1C(=O)OCC(=O)Nc1ccc(OC(F)(F)F)cc1. The van der Waals surface area contributed by atoms with Gasteiger partial charge in [0.15, 0.2) is 6.61 Å². The quantitative estimate of drug-likeness (QED) is 0.495. The number of primary amides is 1. The monoisotopic (exact) mass is 428 g/mol. The number of amides is 2. The fourth-order valence-corrected chi connectivity index (χ4v) is 2.84. The van der Waals surface area contributed by atoms with Crippen molar-refractivity contribution in [1.29, 1.82) is 0 Å². The topological polar surface area (TPSA) is 108 Å². The molecule has 0 aliphatic heterocycles. The number of nitrogens with one attached hydrogen (secondary N) is 1. The molecule has 2 aromatic carbocycles. The zero-order valence-electron chi connectivity index (χ0n) is 14.7. The Morgan fingerprint density at radius 2 is 1.69 bits per heavy atom. The van der Waals surface area contributed by atoms with Gasteiger partial charge in [-0.05, 0) is 36.4 Å². The van der Waals surface area contributed by atoms with Crippen LogP contribution in [0.2, 0.25) is 0 Å². The molecule has 0 saturated carbocycles. The number of hydrogen-bond acceptors (Lipinski definition) is 6. The Bertz CT molecular complexity index is 888. The smallest absolute Gasteiger partial charge is 0.452 e. The number of anilines is 1. The molecule has 0 fully saturated rings. The second-order valence-corrected chi connectivity index (χ2v) is 6.46. The molecule has 2 aromatic rings. The van der Waals surface area contributed by atoms with Gasteiger partial charge in [0.25, 0.3) is 5.91 Å². The van der Waals surface area contributed by atoms with Crippen LogP contribution < -0.4 is 15.8 Å². The maximum Gasteiger partial charge on any atom is 0.573 e. The average molecular weight is 428 g/mol. The Morgan fingerprint density at radius 1 is 1.03 bits per heavy atom. The van der Waals surface area contributed by atoms with Gasteiger partial charge in [-0.25, -0.2) is 4.79 Å². The summed E-state index contributed by atoms with van der Waals surface area (Å²) < 4.78 is 45.0. The van der Waals surface area contributed by atoms with Gasteiger partial charge >= 0.3 is 12.3 Å². The van der Waals surface area contributed by atoms with Gasteiger partial charge in [0.2, 0.25) is 5.91 Å². The molecule has 2 amide bonds. The average Bonchev–Trinajstić information content (AvgIpc) is 2.65. The van der Waals surface area contributed by atoms with E-state index in [-0.39, 0.29) is 17.0 Å². The predicted molar refractivity (Wildman–Crippen MR) is 98.4 cm³/mol. The third-order valence-corrected chi connectivity index (χ3v) is 4.28. The Labute approximate surface area is 167 Å². The number of thioether (sulfide) groups is 1. The number of carbonyl (C=O) groups excluding carboxylic acids is 3. The maximum absolute atomic E-state index is 12.2. The lowest BCUT2D eigenvalue weighted by Crippen LogP contribution is -2.21. The highest BCUT2D eigenvalue weighted by Gasteiger charge is 2.31. The summed E-state index contributed by atoms with van der Waals surface area (Å²) in [4.78, 5) is 35.5. The molecular formula is C18H15F3N2O5S. The summed E-state index contributed by atoms with van der Waals surface area (Å²) in [7, 11) is 0. The minimum absolute atomic E-state index is 0.0289. The third-order valence-electron chi connectivity index (χ3n) is 3.18. The largest absolute Gasteiger partial charge is 0.573 e. The van der Waals surface area contributed by atoms with Gasteiger partial charge < -0.3 is 20.5 Å². The Morgan fingerprint density at radius 3 is 2.31 bits per heavy atom. The first-order valence-electron chi connectivity index (χ1n) is 7.97. The number of nitrogens with two attached hydrogens (primary N) is 1. The molecule has 0 aliphatic rings. The fraction of sp³-hybridized carbons (Fsp3) is 0.167. The van der Waals surface area contributed by atoms with Crippen LogP contribution in [0.15, 0.2) is 53.4 Å². The van der Waals surface area contributed by atoms with Crippen LogP contribution in [0.5, 0.6) is 5.75 Å². The number of benzene rings is 2. The minimum atomic E-state index is -4.81. The summed E-state index contributed by atoms with van der Waals surface area (Å²) in [5.74, 6) is -2.48. The molecule has 7 nitrogen and oxygen atoms in total. The Hall–Kier alpha value is -3.21. The number of alkyl halides is 3. The highest BCUT2D eigenvalue weighted by molar-refractivity contribution is 8.00. The van der Waals surface area contributed by atoms with E-state index in [0.717, 1.165) is 23.9 Å². The maximum atomic E-state index is 12.2.